The Morgan fingerprint density at radius 1 is 1.09 bits per heavy atom. The lowest BCUT2D eigenvalue weighted by molar-refractivity contribution is -0.113. The maximum atomic E-state index is 12.8. The molecule has 0 aliphatic carbocycles. The van der Waals surface area contributed by atoms with Crippen LogP contribution < -0.4 is 5.32 Å². The van der Waals surface area contributed by atoms with Gasteiger partial charge in [0.25, 0.3) is 0 Å². The van der Waals surface area contributed by atoms with Gasteiger partial charge in [0.2, 0.25) is 5.91 Å². The summed E-state index contributed by atoms with van der Waals surface area (Å²) in [4.78, 5) is 17.2. The molecule has 3 rings (SSSR count). The van der Waals surface area contributed by atoms with Gasteiger partial charge in [-0.25, -0.2) is 4.39 Å². The van der Waals surface area contributed by atoms with Gasteiger partial charge in [-0.1, -0.05) is 18.2 Å². The average molecular weight is 312 g/mol. The topological polar surface area (TPSA) is 42.0 Å². The molecule has 0 aliphatic heterocycles. The van der Waals surface area contributed by atoms with Crippen molar-refractivity contribution in [2.45, 2.75) is 4.90 Å². The number of nitrogens with zero attached hydrogens (tertiary/aromatic N) is 1. The van der Waals surface area contributed by atoms with Gasteiger partial charge in [-0.2, -0.15) is 0 Å². The van der Waals surface area contributed by atoms with Crippen molar-refractivity contribution in [3.8, 4) is 0 Å². The van der Waals surface area contributed by atoms with Crippen LogP contribution in [0.4, 0.5) is 10.1 Å². The number of hydrogen-bond donors (Lipinski definition) is 1. The summed E-state index contributed by atoms with van der Waals surface area (Å²) in [5.41, 5.74) is 1.47. The summed E-state index contributed by atoms with van der Waals surface area (Å²) in [6.45, 7) is 0. The monoisotopic (exact) mass is 312 g/mol. The largest absolute Gasteiger partial charge is 0.323 e. The molecule has 1 heterocycles. The molecule has 2 aromatic carbocycles. The standard InChI is InChI=1S/C17H13FN2OS/c18-13-6-8-14(9-7-13)22-11-16(21)20-15-5-1-3-12-4-2-10-19-17(12)15/h1-10H,11H2,(H,20,21). The molecule has 5 heteroatoms. The molecule has 0 fully saturated rings. The number of aromatic nitrogens is 1. The fourth-order valence-electron chi connectivity index (χ4n) is 2.07. The Hall–Kier alpha value is -2.40. The van der Waals surface area contributed by atoms with Crippen molar-refractivity contribution in [2.75, 3.05) is 11.1 Å². The van der Waals surface area contributed by atoms with Crippen LogP contribution in [0.3, 0.4) is 0 Å². The molecule has 1 N–H and O–H groups in total. The number of carbonyl (C=O) groups excluding carboxylic acids is 1. The first-order valence-corrected chi connectivity index (χ1v) is 7.73. The van der Waals surface area contributed by atoms with Gasteiger partial charge in [0, 0.05) is 16.5 Å². The van der Waals surface area contributed by atoms with Crippen LogP contribution in [0.15, 0.2) is 65.7 Å². The number of hydrogen-bond acceptors (Lipinski definition) is 3. The molecule has 0 spiro atoms. The number of fused-ring (bicyclic) bond motifs is 1. The number of nitrogens with one attached hydrogen (secondary N) is 1. The second-order valence-electron chi connectivity index (χ2n) is 4.67. The van der Waals surface area contributed by atoms with Crippen molar-refractivity contribution >= 4 is 34.3 Å². The van der Waals surface area contributed by atoms with Crippen LogP contribution in [-0.4, -0.2) is 16.6 Å². The van der Waals surface area contributed by atoms with Crippen LogP contribution in [0.1, 0.15) is 0 Å². The second-order valence-corrected chi connectivity index (χ2v) is 5.72. The summed E-state index contributed by atoms with van der Waals surface area (Å²) in [7, 11) is 0. The molecule has 1 amide bonds. The van der Waals surface area contributed by atoms with Crippen LogP contribution >= 0.6 is 11.8 Å². The van der Waals surface area contributed by atoms with Gasteiger partial charge in [-0.05, 0) is 36.4 Å². The fourth-order valence-corrected chi connectivity index (χ4v) is 2.77. The van der Waals surface area contributed by atoms with E-state index >= 15 is 0 Å². The van der Waals surface area contributed by atoms with Gasteiger partial charge in [0.1, 0.15) is 5.82 Å². The highest BCUT2D eigenvalue weighted by Crippen LogP contribution is 2.22. The highest BCUT2D eigenvalue weighted by Gasteiger charge is 2.07. The zero-order valence-corrected chi connectivity index (χ0v) is 12.4. The highest BCUT2D eigenvalue weighted by atomic mass is 32.2. The molecule has 22 heavy (non-hydrogen) atoms. The van der Waals surface area contributed by atoms with Crippen molar-refractivity contribution in [3.63, 3.8) is 0 Å². The molecule has 0 aliphatic rings. The van der Waals surface area contributed by atoms with Gasteiger partial charge in [-0.3, -0.25) is 9.78 Å². The van der Waals surface area contributed by atoms with E-state index in [1.54, 1.807) is 18.3 Å². The van der Waals surface area contributed by atoms with E-state index in [1.165, 1.54) is 23.9 Å². The van der Waals surface area contributed by atoms with E-state index in [2.05, 4.69) is 10.3 Å². The number of pyridine rings is 1. The molecule has 0 atom stereocenters. The first-order chi connectivity index (χ1) is 10.7. The average Bonchev–Trinajstić information content (AvgIpc) is 2.55. The molecule has 0 saturated carbocycles. The number of anilines is 1. The smallest absolute Gasteiger partial charge is 0.234 e. The second kappa shape index (κ2) is 6.58. The Bertz CT molecular complexity index is 800. The lowest BCUT2D eigenvalue weighted by Gasteiger charge is -2.08. The Labute approximate surface area is 131 Å². The third-order valence-electron chi connectivity index (χ3n) is 3.09. The highest BCUT2D eigenvalue weighted by molar-refractivity contribution is 8.00. The Morgan fingerprint density at radius 3 is 2.68 bits per heavy atom. The van der Waals surface area contributed by atoms with Crippen molar-refractivity contribution in [1.29, 1.82) is 0 Å². The minimum atomic E-state index is -0.282. The van der Waals surface area contributed by atoms with Gasteiger partial charge in [-0.15, -0.1) is 11.8 Å². The third-order valence-corrected chi connectivity index (χ3v) is 4.10. The first kappa shape index (κ1) is 14.5. The minimum absolute atomic E-state index is 0.118. The molecular weight excluding hydrogens is 299 g/mol. The fraction of sp³-hybridized carbons (Fsp3) is 0.0588. The van der Waals surface area contributed by atoms with Gasteiger partial charge < -0.3 is 5.32 Å². The number of rotatable bonds is 4. The molecular formula is C17H13FN2OS. The van der Waals surface area contributed by atoms with Crippen molar-refractivity contribution in [3.05, 3.63) is 66.6 Å². The summed E-state index contributed by atoms with van der Waals surface area (Å²) < 4.78 is 12.8. The lowest BCUT2D eigenvalue weighted by atomic mass is 10.2. The summed E-state index contributed by atoms with van der Waals surface area (Å²) in [5, 5.41) is 3.85. The molecule has 110 valence electrons. The van der Waals surface area contributed by atoms with Crippen LogP contribution in [0, 0.1) is 5.82 Å². The maximum absolute atomic E-state index is 12.8. The predicted octanol–water partition coefficient (Wildman–Crippen LogP) is 4.10. The number of carbonyl (C=O) groups is 1. The van der Waals surface area contributed by atoms with E-state index in [-0.39, 0.29) is 17.5 Å². The van der Waals surface area contributed by atoms with Crippen molar-refractivity contribution in [2.24, 2.45) is 0 Å². The Kier molecular flexibility index (Phi) is 4.34. The summed E-state index contributed by atoms with van der Waals surface area (Å²) in [5.74, 6) is -0.141. The van der Waals surface area contributed by atoms with Crippen LogP contribution in [0.25, 0.3) is 10.9 Å². The molecule has 1 aromatic heterocycles. The van der Waals surface area contributed by atoms with Crippen molar-refractivity contribution < 1.29 is 9.18 Å². The van der Waals surface area contributed by atoms with Gasteiger partial charge >= 0.3 is 0 Å². The van der Waals surface area contributed by atoms with Crippen LogP contribution in [0.5, 0.6) is 0 Å². The summed E-state index contributed by atoms with van der Waals surface area (Å²) in [6, 6.07) is 15.6. The maximum Gasteiger partial charge on any atom is 0.234 e. The molecule has 3 nitrogen and oxygen atoms in total. The van der Waals surface area contributed by atoms with E-state index in [0.717, 1.165) is 15.8 Å². The van der Waals surface area contributed by atoms with E-state index in [0.29, 0.717) is 5.69 Å². The number of para-hydroxylation sites is 1. The normalized spacial score (nSPS) is 10.6. The van der Waals surface area contributed by atoms with Crippen molar-refractivity contribution in [1.82, 2.24) is 4.98 Å². The van der Waals surface area contributed by atoms with E-state index in [4.69, 9.17) is 0 Å². The molecule has 0 bridgehead atoms. The van der Waals surface area contributed by atoms with Gasteiger partial charge in [0.15, 0.2) is 0 Å². The lowest BCUT2D eigenvalue weighted by Crippen LogP contribution is -2.14. The number of amides is 1. The Balaban J connectivity index is 1.67. The number of halogens is 1. The molecule has 0 saturated heterocycles. The number of thioether (sulfide) groups is 1. The van der Waals surface area contributed by atoms with E-state index in [9.17, 15) is 9.18 Å². The summed E-state index contributed by atoms with van der Waals surface area (Å²) >= 11 is 1.36. The zero-order chi connectivity index (χ0) is 15.4. The Morgan fingerprint density at radius 2 is 1.86 bits per heavy atom. The summed E-state index contributed by atoms with van der Waals surface area (Å²) in [6.07, 6.45) is 1.70. The van der Waals surface area contributed by atoms with Crippen LogP contribution in [-0.2, 0) is 4.79 Å². The predicted molar refractivity (Wildman–Crippen MR) is 87.5 cm³/mol. The van der Waals surface area contributed by atoms with E-state index < -0.39 is 0 Å². The first-order valence-electron chi connectivity index (χ1n) is 6.74. The quantitative estimate of drug-likeness (QED) is 0.737. The SMILES string of the molecule is O=C(CSc1ccc(F)cc1)Nc1cccc2cccnc12. The minimum Gasteiger partial charge on any atom is -0.323 e. The van der Waals surface area contributed by atoms with E-state index in [1.807, 2.05) is 30.3 Å². The molecule has 0 unspecified atom stereocenters. The zero-order valence-electron chi connectivity index (χ0n) is 11.6. The third kappa shape index (κ3) is 3.43. The molecule has 0 radical (unpaired) electrons. The van der Waals surface area contributed by atoms with Gasteiger partial charge in [0.05, 0.1) is 17.0 Å². The number of benzene rings is 2. The molecule has 3 aromatic rings. The van der Waals surface area contributed by atoms with Crippen LogP contribution in [0.2, 0.25) is 0 Å².